The molecule has 0 bridgehead atoms. The van der Waals surface area contributed by atoms with Gasteiger partial charge in [-0.15, -0.1) is 10.2 Å². The van der Waals surface area contributed by atoms with E-state index in [9.17, 15) is 13.6 Å². The van der Waals surface area contributed by atoms with E-state index in [1.807, 2.05) is 4.57 Å². The van der Waals surface area contributed by atoms with Gasteiger partial charge in [-0.05, 0) is 31.9 Å². The predicted octanol–water partition coefficient (Wildman–Crippen LogP) is 3.33. The third-order valence-electron chi connectivity index (χ3n) is 3.49. The van der Waals surface area contributed by atoms with Gasteiger partial charge in [-0.25, -0.2) is 0 Å². The molecule has 1 amide bonds. The molecule has 1 aliphatic carbocycles. The molecule has 6 nitrogen and oxygen atoms in total. The van der Waals surface area contributed by atoms with Gasteiger partial charge < -0.3 is 14.6 Å². The molecule has 1 aromatic heterocycles. The molecular formula is C15H16F2N4O2S. The first-order valence-electron chi connectivity index (χ1n) is 7.45. The molecule has 1 fully saturated rings. The molecule has 2 aromatic rings. The second kappa shape index (κ2) is 7.16. The molecule has 1 saturated carbocycles. The number of anilines is 1. The number of hydrogen-bond donors (Lipinski definition) is 1. The fraction of sp³-hybridized carbons (Fsp3) is 0.400. The quantitative estimate of drug-likeness (QED) is 0.773. The van der Waals surface area contributed by atoms with Crippen molar-refractivity contribution in [2.75, 3.05) is 5.32 Å². The number of rotatable bonds is 7. The summed E-state index contributed by atoms with van der Waals surface area (Å²) in [6.45, 7) is -1.23. The molecule has 1 aromatic carbocycles. The average molecular weight is 354 g/mol. The van der Waals surface area contributed by atoms with E-state index >= 15 is 0 Å². The van der Waals surface area contributed by atoms with Crippen LogP contribution >= 0.6 is 11.8 Å². The van der Waals surface area contributed by atoms with Crippen molar-refractivity contribution in [2.24, 2.45) is 0 Å². The molecule has 24 heavy (non-hydrogen) atoms. The van der Waals surface area contributed by atoms with Crippen LogP contribution in [0.4, 0.5) is 14.5 Å². The van der Waals surface area contributed by atoms with Gasteiger partial charge >= 0.3 is 6.61 Å². The van der Waals surface area contributed by atoms with E-state index < -0.39 is 11.9 Å². The van der Waals surface area contributed by atoms with Crippen LogP contribution in [0.5, 0.6) is 5.75 Å². The van der Waals surface area contributed by atoms with Gasteiger partial charge in [-0.3, -0.25) is 4.79 Å². The Labute approximate surface area is 141 Å². The maximum atomic E-state index is 12.4. The van der Waals surface area contributed by atoms with Crippen LogP contribution in [0, 0.1) is 0 Å². The lowest BCUT2D eigenvalue weighted by Gasteiger charge is -2.15. The fourth-order valence-electron chi connectivity index (χ4n) is 2.13. The predicted molar refractivity (Wildman–Crippen MR) is 85.3 cm³/mol. The summed E-state index contributed by atoms with van der Waals surface area (Å²) in [6.07, 6.45) is 3.84. The molecule has 0 radical (unpaired) electrons. The van der Waals surface area contributed by atoms with Crippen molar-refractivity contribution in [2.45, 2.75) is 42.8 Å². The SMILES string of the molecule is CC(Sc1nncn1C1CC1)C(=O)Nc1ccccc1OC(F)F. The summed E-state index contributed by atoms with van der Waals surface area (Å²) in [5.41, 5.74) is 0.207. The summed E-state index contributed by atoms with van der Waals surface area (Å²) in [6, 6.07) is 6.50. The summed E-state index contributed by atoms with van der Waals surface area (Å²) < 4.78 is 31.2. The van der Waals surface area contributed by atoms with Crippen molar-refractivity contribution < 1.29 is 18.3 Å². The second-order valence-electron chi connectivity index (χ2n) is 5.38. The number of alkyl halides is 2. The Hall–Kier alpha value is -2.16. The summed E-state index contributed by atoms with van der Waals surface area (Å²) in [7, 11) is 0. The number of carbonyl (C=O) groups excluding carboxylic acids is 1. The highest BCUT2D eigenvalue weighted by Gasteiger charge is 2.28. The van der Waals surface area contributed by atoms with Crippen molar-refractivity contribution in [3.63, 3.8) is 0 Å². The molecule has 1 atom stereocenters. The number of para-hydroxylation sites is 2. The zero-order chi connectivity index (χ0) is 17.1. The molecule has 1 unspecified atom stereocenters. The van der Waals surface area contributed by atoms with E-state index in [2.05, 4.69) is 20.3 Å². The van der Waals surface area contributed by atoms with Gasteiger partial charge in [-0.1, -0.05) is 23.9 Å². The van der Waals surface area contributed by atoms with Crippen molar-refractivity contribution in [1.82, 2.24) is 14.8 Å². The number of amides is 1. The Balaban J connectivity index is 1.65. The molecule has 1 N–H and O–H groups in total. The number of thioether (sulfide) groups is 1. The van der Waals surface area contributed by atoms with Gasteiger partial charge in [0.15, 0.2) is 5.16 Å². The molecule has 0 aliphatic heterocycles. The second-order valence-corrected chi connectivity index (χ2v) is 6.68. The first kappa shape index (κ1) is 16.7. The van der Waals surface area contributed by atoms with Crippen molar-refractivity contribution >= 4 is 23.4 Å². The van der Waals surface area contributed by atoms with Gasteiger partial charge in [-0.2, -0.15) is 8.78 Å². The van der Waals surface area contributed by atoms with Crippen molar-refractivity contribution in [1.29, 1.82) is 0 Å². The van der Waals surface area contributed by atoms with Crippen molar-refractivity contribution in [3.8, 4) is 5.75 Å². The minimum absolute atomic E-state index is 0.0702. The number of carbonyl (C=O) groups is 1. The zero-order valence-electron chi connectivity index (χ0n) is 12.9. The molecule has 1 heterocycles. The third kappa shape index (κ3) is 4.02. The Morgan fingerprint density at radius 1 is 1.42 bits per heavy atom. The first-order valence-corrected chi connectivity index (χ1v) is 8.33. The van der Waals surface area contributed by atoms with E-state index in [1.54, 1.807) is 25.4 Å². The number of aromatic nitrogens is 3. The summed E-state index contributed by atoms with van der Waals surface area (Å²) in [4.78, 5) is 12.3. The van der Waals surface area contributed by atoms with E-state index in [0.717, 1.165) is 12.8 Å². The number of nitrogens with zero attached hydrogens (tertiary/aromatic N) is 3. The lowest BCUT2D eigenvalue weighted by atomic mass is 10.3. The summed E-state index contributed by atoms with van der Waals surface area (Å²) in [5.74, 6) is -0.394. The molecule has 0 spiro atoms. The van der Waals surface area contributed by atoms with Crippen LogP contribution in [-0.4, -0.2) is 32.5 Å². The number of nitrogens with one attached hydrogen (secondary N) is 1. The van der Waals surface area contributed by atoms with Crippen LogP contribution in [0.25, 0.3) is 0 Å². The van der Waals surface area contributed by atoms with Crippen LogP contribution in [0.1, 0.15) is 25.8 Å². The Kier molecular flexibility index (Phi) is 4.98. The molecule has 1 aliphatic rings. The Bertz CT molecular complexity index is 721. The maximum Gasteiger partial charge on any atom is 0.387 e. The summed E-state index contributed by atoms with van der Waals surface area (Å²) >= 11 is 1.28. The number of ether oxygens (including phenoxy) is 1. The lowest BCUT2D eigenvalue weighted by Crippen LogP contribution is -2.23. The van der Waals surface area contributed by atoms with Crippen LogP contribution in [0.3, 0.4) is 0 Å². The van der Waals surface area contributed by atoms with Crippen LogP contribution < -0.4 is 10.1 Å². The van der Waals surface area contributed by atoms with Crippen LogP contribution in [0.15, 0.2) is 35.7 Å². The van der Waals surface area contributed by atoms with Crippen molar-refractivity contribution in [3.05, 3.63) is 30.6 Å². The smallest absolute Gasteiger partial charge is 0.387 e. The fourth-order valence-corrected chi connectivity index (χ4v) is 3.03. The molecule has 3 rings (SSSR count). The van der Waals surface area contributed by atoms with Gasteiger partial charge in [0.2, 0.25) is 5.91 Å². The Morgan fingerprint density at radius 2 is 2.17 bits per heavy atom. The zero-order valence-corrected chi connectivity index (χ0v) is 13.7. The molecule has 0 saturated heterocycles. The highest BCUT2D eigenvalue weighted by Crippen LogP contribution is 2.38. The largest absolute Gasteiger partial charge is 0.433 e. The van der Waals surface area contributed by atoms with Gasteiger partial charge in [0, 0.05) is 6.04 Å². The molecule has 9 heteroatoms. The minimum Gasteiger partial charge on any atom is -0.433 e. The van der Waals surface area contributed by atoms with E-state index in [1.165, 1.54) is 23.9 Å². The number of hydrogen-bond acceptors (Lipinski definition) is 5. The first-order chi connectivity index (χ1) is 11.5. The highest BCUT2D eigenvalue weighted by atomic mass is 32.2. The van der Waals surface area contributed by atoms with E-state index in [0.29, 0.717) is 11.2 Å². The standard InChI is InChI=1S/C15H16F2N4O2S/c1-9(24-15-20-18-8-21(15)10-6-7-10)13(22)19-11-4-2-3-5-12(11)23-14(16)17/h2-5,8-10,14H,6-7H2,1H3,(H,19,22). The van der Waals surface area contributed by atoms with E-state index in [-0.39, 0.29) is 17.3 Å². The molecular weight excluding hydrogens is 338 g/mol. The van der Waals surface area contributed by atoms with Gasteiger partial charge in [0.25, 0.3) is 0 Å². The molecule has 128 valence electrons. The van der Waals surface area contributed by atoms with Gasteiger partial charge in [0.05, 0.1) is 10.9 Å². The number of halogens is 2. The normalized spacial score (nSPS) is 15.3. The van der Waals surface area contributed by atoms with Gasteiger partial charge in [0.1, 0.15) is 12.1 Å². The monoisotopic (exact) mass is 354 g/mol. The van der Waals surface area contributed by atoms with Crippen LogP contribution in [0.2, 0.25) is 0 Å². The average Bonchev–Trinajstić information content (AvgIpc) is 3.28. The maximum absolute atomic E-state index is 12.4. The van der Waals surface area contributed by atoms with Crippen LogP contribution in [-0.2, 0) is 4.79 Å². The van der Waals surface area contributed by atoms with E-state index in [4.69, 9.17) is 0 Å². The number of benzene rings is 1. The summed E-state index contributed by atoms with van der Waals surface area (Å²) in [5, 5.41) is 10.7. The lowest BCUT2D eigenvalue weighted by molar-refractivity contribution is -0.115. The highest BCUT2D eigenvalue weighted by molar-refractivity contribution is 8.00. The minimum atomic E-state index is -2.95. The third-order valence-corrected chi connectivity index (χ3v) is 4.56. The Morgan fingerprint density at radius 3 is 2.88 bits per heavy atom. The topological polar surface area (TPSA) is 69.0 Å².